The van der Waals surface area contributed by atoms with Gasteiger partial charge in [-0.15, -0.1) is 0 Å². The van der Waals surface area contributed by atoms with E-state index in [1.165, 1.54) is 18.2 Å². The third-order valence-corrected chi connectivity index (χ3v) is 3.02. The Morgan fingerprint density at radius 2 is 2.12 bits per heavy atom. The van der Waals surface area contributed by atoms with Crippen molar-refractivity contribution in [2.24, 2.45) is 0 Å². The van der Waals surface area contributed by atoms with E-state index >= 15 is 0 Å². The highest BCUT2D eigenvalue weighted by Crippen LogP contribution is 2.23. The largest absolute Gasteiger partial charge is 0.323 e. The maximum absolute atomic E-state index is 12.9. The van der Waals surface area contributed by atoms with Crippen LogP contribution in [0.3, 0.4) is 0 Å². The van der Waals surface area contributed by atoms with Crippen LogP contribution in [0.2, 0.25) is 0 Å². The van der Waals surface area contributed by atoms with Gasteiger partial charge < -0.3 is 10.6 Å². The van der Waals surface area contributed by atoms with Crippen LogP contribution in [0, 0.1) is 5.82 Å². The van der Waals surface area contributed by atoms with Gasteiger partial charge >= 0.3 is 0 Å². The number of hydrogen-bond donors (Lipinski definition) is 2. The molecule has 0 bridgehead atoms. The summed E-state index contributed by atoms with van der Waals surface area (Å²) < 4.78 is 13.4. The Hall–Kier alpha value is -0.940. The van der Waals surface area contributed by atoms with Gasteiger partial charge in [-0.05, 0) is 54.5 Å². The van der Waals surface area contributed by atoms with E-state index in [-0.39, 0.29) is 11.7 Å². The van der Waals surface area contributed by atoms with Crippen molar-refractivity contribution < 1.29 is 9.18 Å². The zero-order valence-corrected chi connectivity index (χ0v) is 11.7. The van der Waals surface area contributed by atoms with E-state index in [9.17, 15) is 9.18 Å². The Morgan fingerprint density at radius 3 is 2.65 bits per heavy atom. The fourth-order valence-corrected chi connectivity index (χ4v) is 1.84. The smallest absolute Gasteiger partial charge is 0.244 e. The molecule has 0 aromatic heterocycles. The van der Waals surface area contributed by atoms with Gasteiger partial charge in [-0.2, -0.15) is 0 Å². The summed E-state index contributed by atoms with van der Waals surface area (Å²) in [7, 11) is 0. The molecule has 1 aromatic rings. The minimum absolute atomic E-state index is 0.161. The molecule has 0 aliphatic rings. The molecule has 5 heteroatoms. The molecule has 94 valence electrons. The molecule has 2 N–H and O–H groups in total. The van der Waals surface area contributed by atoms with Crippen LogP contribution in [0.4, 0.5) is 10.1 Å². The zero-order chi connectivity index (χ0) is 13.1. The van der Waals surface area contributed by atoms with Crippen molar-refractivity contribution in [3.05, 3.63) is 28.5 Å². The third kappa shape index (κ3) is 3.78. The summed E-state index contributed by atoms with van der Waals surface area (Å²) >= 11 is 3.21. The second-order valence-corrected chi connectivity index (χ2v) is 5.09. The number of carbonyl (C=O) groups is 1. The van der Waals surface area contributed by atoms with Crippen LogP contribution in [0.25, 0.3) is 0 Å². The van der Waals surface area contributed by atoms with E-state index in [1.54, 1.807) is 13.8 Å². The van der Waals surface area contributed by atoms with Crippen molar-refractivity contribution in [3.63, 3.8) is 0 Å². The zero-order valence-electron chi connectivity index (χ0n) is 10.1. The summed E-state index contributed by atoms with van der Waals surface area (Å²) in [5.41, 5.74) is -0.106. The second-order valence-electron chi connectivity index (χ2n) is 4.23. The lowest BCUT2D eigenvalue weighted by Crippen LogP contribution is -2.49. The number of carbonyl (C=O) groups excluding carboxylic acids is 1. The van der Waals surface area contributed by atoms with Gasteiger partial charge in [-0.3, -0.25) is 4.79 Å². The van der Waals surface area contributed by atoms with Crippen LogP contribution in [0.1, 0.15) is 20.8 Å². The van der Waals surface area contributed by atoms with Gasteiger partial charge in [0.05, 0.1) is 11.2 Å². The standard InChI is InChI=1S/C12H16BrFN2O/c1-4-15-12(2,3)11(17)16-10-6-5-8(14)7-9(10)13/h5-7,15H,4H2,1-3H3,(H,16,17). The minimum atomic E-state index is -0.664. The number of hydrogen-bond acceptors (Lipinski definition) is 2. The van der Waals surface area contributed by atoms with E-state index < -0.39 is 5.54 Å². The number of likely N-dealkylation sites (N-methyl/N-ethyl adjacent to an activating group) is 1. The number of anilines is 1. The molecule has 0 heterocycles. The number of nitrogens with one attached hydrogen (secondary N) is 2. The molecule has 0 radical (unpaired) electrons. The van der Waals surface area contributed by atoms with Gasteiger partial charge in [0.2, 0.25) is 5.91 Å². The first-order valence-corrected chi connectivity index (χ1v) is 6.17. The molecular formula is C12H16BrFN2O. The molecule has 17 heavy (non-hydrogen) atoms. The molecule has 0 aliphatic heterocycles. The Balaban J connectivity index is 2.81. The summed E-state index contributed by atoms with van der Waals surface area (Å²) in [6, 6.07) is 4.15. The fraction of sp³-hybridized carbons (Fsp3) is 0.417. The molecule has 1 rings (SSSR count). The topological polar surface area (TPSA) is 41.1 Å². The number of rotatable bonds is 4. The van der Waals surface area contributed by atoms with Crippen LogP contribution in [0.15, 0.2) is 22.7 Å². The first-order valence-electron chi connectivity index (χ1n) is 5.38. The SMILES string of the molecule is CCNC(C)(C)C(=O)Nc1ccc(F)cc1Br. The highest BCUT2D eigenvalue weighted by molar-refractivity contribution is 9.10. The second kappa shape index (κ2) is 5.60. The molecule has 0 unspecified atom stereocenters. The Morgan fingerprint density at radius 1 is 1.47 bits per heavy atom. The molecule has 0 saturated heterocycles. The van der Waals surface area contributed by atoms with Gasteiger partial charge in [0.25, 0.3) is 0 Å². The molecule has 0 spiro atoms. The average Bonchev–Trinajstić information content (AvgIpc) is 2.22. The molecule has 1 aromatic carbocycles. The molecule has 0 saturated carbocycles. The molecular weight excluding hydrogens is 287 g/mol. The van der Waals surface area contributed by atoms with Crippen molar-refractivity contribution in [1.82, 2.24) is 5.32 Å². The van der Waals surface area contributed by atoms with Gasteiger partial charge in [-0.1, -0.05) is 6.92 Å². The Bertz CT molecular complexity index is 421. The van der Waals surface area contributed by atoms with E-state index in [2.05, 4.69) is 26.6 Å². The van der Waals surface area contributed by atoms with E-state index in [0.29, 0.717) is 16.7 Å². The Labute approximate surface area is 109 Å². The van der Waals surface area contributed by atoms with Gasteiger partial charge in [0.1, 0.15) is 5.82 Å². The van der Waals surface area contributed by atoms with Gasteiger partial charge in [-0.25, -0.2) is 4.39 Å². The van der Waals surface area contributed by atoms with Crippen LogP contribution in [-0.4, -0.2) is 18.0 Å². The summed E-state index contributed by atoms with van der Waals surface area (Å²) in [5, 5.41) is 5.82. The highest BCUT2D eigenvalue weighted by atomic mass is 79.9. The molecule has 1 amide bonds. The number of halogens is 2. The number of amides is 1. The van der Waals surface area contributed by atoms with E-state index in [1.807, 2.05) is 6.92 Å². The van der Waals surface area contributed by atoms with Crippen molar-refractivity contribution in [1.29, 1.82) is 0 Å². The van der Waals surface area contributed by atoms with Crippen LogP contribution >= 0.6 is 15.9 Å². The number of benzene rings is 1. The lowest BCUT2D eigenvalue weighted by Gasteiger charge is -2.24. The molecule has 0 aliphatic carbocycles. The predicted molar refractivity (Wildman–Crippen MR) is 70.5 cm³/mol. The highest BCUT2D eigenvalue weighted by Gasteiger charge is 2.26. The molecule has 0 fully saturated rings. The summed E-state index contributed by atoms with van der Waals surface area (Å²) in [6.45, 7) is 6.22. The maximum Gasteiger partial charge on any atom is 0.244 e. The Kier molecular flexibility index (Phi) is 4.65. The molecule has 0 atom stereocenters. The fourth-order valence-electron chi connectivity index (χ4n) is 1.39. The quantitative estimate of drug-likeness (QED) is 0.898. The van der Waals surface area contributed by atoms with E-state index in [4.69, 9.17) is 0 Å². The molecule has 3 nitrogen and oxygen atoms in total. The lowest BCUT2D eigenvalue weighted by molar-refractivity contribution is -0.121. The lowest BCUT2D eigenvalue weighted by atomic mass is 10.0. The first-order chi connectivity index (χ1) is 7.86. The van der Waals surface area contributed by atoms with Crippen LogP contribution in [-0.2, 0) is 4.79 Å². The monoisotopic (exact) mass is 302 g/mol. The summed E-state index contributed by atoms with van der Waals surface area (Å²) in [4.78, 5) is 12.0. The van der Waals surface area contributed by atoms with Crippen LogP contribution in [0.5, 0.6) is 0 Å². The van der Waals surface area contributed by atoms with Crippen molar-refractivity contribution in [3.8, 4) is 0 Å². The summed E-state index contributed by atoms with van der Waals surface area (Å²) in [5.74, 6) is -0.507. The average molecular weight is 303 g/mol. The van der Waals surface area contributed by atoms with E-state index in [0.717, 1.165) is 0 Å². The summed E-state index contributed by atoms with van der Waals surface area (Å²) in [6.07, 6.45) is 0. The van der Waals surface area contributed by atoms with Gasteiger partial charge in [0, 0.05) is 4.47 Å². The van der Waals surface area contributed by atoms with Crippen molar-refractivity contribution in [2.45, 2.75) is 26.3 Å². The third-order valence-electron chi connectivity index (χ3n) is 2.37. The predicted octanol–water partition coefficient (Wildman–Crippen LogP) is 2.91. The van der Waals surface area contributed by atoms with Gasteiger partial charge in [0.15, 0.2) is 0 Å². The first kappa shape index (κ1) is 14.1. The maximum atomic E-state index is 12.9. The minimum Gasteiger partial charge on any atom is -0.323 e. The van der Waals surface area contributed by atoms with Crippen molar-refractivity contribution in [2.75, 3.05) is 11.9 Å². The normalized spacial score (nSPS) is 11.4. The van der Waals surface area contributed by atoms with Crippen molar-refractivity contribution >= 4 is 27.5 Å². The van der Waals surface area contributed by atoms with Crippen LogP contribution < -0.4 is 10.6 Å².